The standard InChI is InChI=1S/C22H28N11/c23-3-8-29-15-22(16-30(17-29)9-4-24)31-7-2-19(14-31)28-13-21(12-27)33-6-1-5-32(18-33)20(10-25)11-26/h19-22H,1-2,5-9,14-18H2/q+1. The summed E-state index contributed by atoms with van der Waals surface area (Å²) in [6.07, 6.45) is 1.65. The summed E-state index contributed by atoms with van der Waals surface area (Å²) in [6, 6.07) is 12.5. The van der Waals surface area contributed by atoms with Crippen LogP contribution < -0.4 is 0 Å². The minimum Gasteiger partial charge on any atom is -0.290 e. The number of rotatable bonds is 5. The summed E-state index contributed by atoms with van der Waals surface area (Å²) >= 11 is 0. The summed E-state index contributed by atoms with van der Waals surface area (Å²) in [5, 5.41) is 46.1. The Balaban J connectivity index is 1.58. The van der Waals surface area contributed by atoms with Crippen LogP contribution in [0.5, 0.6) is 0 Å². The van der Waals surface area contributed by atoms with Crippen LogP contribution in [0.4, 0.5) is 0 Å². The molecule has 0 radical (unpaired) electrons. The van der Waals surface area contributed by atoms with E-state index >= 15 is 0 Å². The van der Waals surface area contributed by atoms with Gasteiger partial charge in [0, 0.05) is 45.2 Å². The molecule has 170 valence electrons. The second-order valence-electron chi connectivity index (χ2n) is 8.64. The highest BCUT2D eigenvalue weighted by Gasteiger charge is 2.38. The molecule has 33 heavy (non-hydrogen) atoms. The first-order chi connectivity index (χ1) is 16.1. The SMILES string of the molecule is N#CCN1CC(N2CCC([N+]#CC(C#N)N3CCCN(C(C#N)C#N)C3)C2)CN(CC#N)C1. The molecule has 3 saturated heterocycles. The van der Waals surface area contributed by atoms with E-state index in [1.54, 1.807) is 4.90 Å². The third-order valence-electron chi connectivity index (χ3n) is 6.37. The molecule has 0 aromatic carbocycles. The molecule has 0 spiro atoms. The summed E-state index contributed by atoms with van der Waals surface area (Å²) in [4.78, 5) is 14.8. The van der Waals surface area contributed by atoms with Crippen LogP contribution in [0.1, 0.15) is 12.8 Å². The molecule has 11 heteroatoms. The minimum absolute atomic E-state index is 0.0449. The quantitative estimate of drug-likeness (QED) is 0.515. The average Bonchev–Trinajstić information content (AvgIpc) is 3.30. The predicted molar refractivity (Wildman–Crippen MR) is 118 cm³/mol. The first-order valence-electron chi connectivity index (χ1n) is 11.2. The van der Waals surface area contributed by atoms with Gasteiger partial charge in [-0.3, -0.25) is 24.5 Å². The number of nitrogens with zero attached hydrogens (tertiary/aromatic N) is 11. The van der Waals surface area contributed by atoms with Gasteiger partial charge >= 0.3 is 6.07 Å². The molecule has 3 heterocycles. The zero-order valence-electron chi connectivity index (χ0n) is 18.7. The number of nitriles is 5. The highest BCUT2D eigenvalue weighted by molar-refractivity contribution is 5.16. The highest BCUT2D eigenvalue weighted by Crippen LogP contribution is 2.20. The Labute approximate surface area is 195 Å². The smallest absolute Gasteiger partial charge is 0.290 e. The highest BCUT2D eigenvalue weighted by atomic mass is 15.4. The monoisotopic (exact) mass is 446 g/mol. The van der Waals surface area contributed by atoms with Crippen LogP contribution in [0, 0.1) is 62.7 Å². The Morgan fingerprint density at radius 3 is 1.94 bits per heavy atom. The third-order valence-corrected chi connectivity index (χ3v) is 6.37. The zero-order valence-corrected chi connectivity index (χ0v) is 18.7. The van der Waals surface area contributed by atoms with E-state index in [2.05, 4.69) is 43.8 Å². The topological polar surface area (TPSA) is 140 Å². The van der Waals surface area contributed by atoms with Gasteiger partial charge in [0.2, 0.25) is 6.04 Å². The lowest BCUT2D eigenvalue weighted by Gasteiger charge is -2.41. The Kier molecular flexibility index (Phi) is 8.95. The van der Waals surface area contributed by atoms with Gasteiger partial charge < -0.3 is 0 Å². The maximum Gasteiger partial charge on any atom is 0.308 e. The van der Waals surface area contributed by atoms with Gasteiger partial charge in [0.15, 0.2) is 6.04 Å². The maximum atomic E-state index is 9.67. The number of hydrogen-bond acceptors (Lipinski definition) is 10. The molecule has 0 amide bonds. The molecule has 0 aliphatic carbocycles. The molecular formula is C22H28N11+. The first kappa shape index (κ1) is 24.4. The first-order valence-corrected chi connectivity index (χ1v) is 11.2. The van der Waals surface area contributed by atoms with E-state index in [9.17, 15) is 5.26 Å². The van der Waals surface area contributed by atoms with Gasteiger partial charge in [-0.15, -0.1) is 0 Å². The van der Waals surface area contributed by atoms with Gasteiger partial charge in [0.25, 0.3) is 6.04 Å². The normalized spacial score (nSPS) is 24.5. The fourth-order valence-electron chi connectivity index (χ4n) is 4.75. The van der Waals surface area contributed by atoms with Crippen molar-refractivity contribution in [2.24, 2.45) is 0 Å². The van der Waals surface area contributed by atoms with Crippen LogP contribution in [0.15, 0.2) is 0 Å². The summed E-state index contributed by atoms with van der Waals surface area (Å²) in [7, 11) is 0. The zero-order chi connectivity index (χ0) is 23.6. The van der Waals surface area contributed by atoms with Gasteiger partial charge in [-0.1, -0.05) is 4.85 Å². The molecule has 3 aliphatic heterocycles. The second kappa shape index (κ2) is 12.1. The van der Waals surface area contributed by atoms with E-state index in [0.717, 1.165) is 39.0 Å². The lowest BCUT2D eigenvalue weighted by atomic mass is 10.1. The van der Waals surface area contributed by atoms with Crippen LogP contribution >= 0.6 is 0 Å². The molecule has 3 fully saturated rings. The summed E-state index contributed by atoms with van der Waals surface area (Å²) in [5.74, 6) is 0. The molecule has 3 rings (SSSR count). The lowest BCUT2D eigenvalue weighted by Crippen LogP contribution is -2.57. The second-order valence-corrected chi connectivity index (χ2v) is 8.64. The van der Waals surface area contributed by atoms with Crippen molar-refractivity contribution >= 4 is 0 Å². The average molecular weight is 447 g/mol. The molecule has 0 bridgehead atoms. The van der Waals surface area contributed by atoms with Crippen molar-refractivity contribution in [2.45, 2.75) is 37.0 Å². The van der Waals surface area contributed by atoms with Crippen molar-refractivity contribution < 1.29 is 0 Å². The predicted octanol–water partition coefficient (Wildman–Crippen LogP) is -0.342. The van der Waals surface area contributed by atoms with Crippen molar-refractivity contribution in [3.63, 3.8) is 0 Å². The van der Waals surface area contributed by atoms with E-state index in [-0.39, 0.29) is 12.1 Å². The Hall–Kier alpha value is -3.26. The van der Waals surface area contributed by atoms with Crippen LogP contribution in [0.25, 0.3) is 4.85 Å². The van der Waals surface area contributed by atoms with E-state index in [1.165, 1.54) is 0 Å². The van der Waals surface area contributed by atoms with Gasteiger partial charge in [-0.05, 0) is 6.42 Å². The Bertz CT molecular complexity index is 911. The summed E-state index contributed by atoms with van der Waals surface area (Å²) in [6.45, 7) is 6.26. The van der Waals surface area contributed by atoms with E-state index in [1.807, 2.05) is 17.0 Å². The minimum atomic E-state index is -0.816. The van der Waals surface area contributed by atoms with Gasteiger partial charge in [0.05, 0.1) is 57.2 Å². The fraction of sp³-hybridized carbons (Fsp3) is 0.727. The van der Waals surface area contributed by atoms with Crippen LogP contribution in [0.2, 0.25) is 0 Å². The summed E-state index contributed by atoms with van der Waals surface area (Å²) < 4.78 is 0. The van der Waals surface area contributed by atoms with Gasteiger partial charge in [-0.2, -0.15) is 26.3 Å². The third kappa shape index (κ3) is 6.38. The van der Waals surface area contributed by atoms with Crippen molar-refractivity contribution in [3.8, 4) is 36.4 Å². The van der Waals surface area contributed by atoms with Gasteiger partial charge in [-0.25, -0.2) is 0 Å². The maximum absolute atomic E-state index is 9.67. The van der Waals surface area contributed by atoms with E-state index < -0.39 is 12.1 Å². The summed E-state index contributed by atoms with van der Waals surface area (Å²) in [5.41, 5.74) is 0. The molecule has 0 aromatic rings. The van der Waals surface area contributed by atoms with Crippen molar-refractivity contribution in [1.29, 1.82) is 26.3 Å². The number of likely N-dealkylation sites (tertiary alicyclic amines) is 1. The Morgan fingerprint density at radius 1 is 0.758 bits per heavy atom. The van der Waals surface area contributed by atoms with Crippen LogP contribution in [0.3, 0.4) is 0 Å². The Morgan fingerprint density at radius 2 is 1.36 bits per heavy atom. The molecule has 0 saturated carbocycles. The number of hydrogen-bond donors (Lipinski definition) is 0. The van der Waals surface area contributed by atoms with Crippen molar-refractivity contribution in [2.75, 3.05) is 65.7 Å². The molecule has 2 atom stereocenters. The fourth-order valence-corrected chi connectivity index (χ4v) is 4.75. The van der Waals surface area contributed by atoms with Gasteiger partial charge in [0.1, 0.15) is 6.07 Å². The van der Waals surface area contributed by atoms with Crippen molar-refractivity contribution in [3.05, 3.63) is 4.85 Å². The molecule has 0 aromatic heterocycles. The molecule has 0 N–H and O–H groups in total. The molecule has 11 nitrogen and oxygen atoms in total. The van der Waals surface area contributed by atoms with Crippen LogP contribution in [-0.2, 0) is 0 Å². The van der Waals surface area contributed by atoms with Crippen molar-refractivity contribution in [1.82, 2.24) is 24.5 Å². The van der Waals surface area contributed by atoms with E-state index in [0.29, 0.717) is 39.5 Å². The molecule has 3 aliphatic rings. The van der Waals surface area contributed by atoms with Crippen LogP contribution in [-0.4, -0.2) is 114 Å². The largest absolute Gasteiger partial charge is 0.308 e. The lowest BCUT2D eigenvalue weighted by molar-refractivity contribution is 0.0374. The molecule has 2 unspecified atom stereocenters. The molecular weight excluding hydrogens is 418 g/mol. The van der Waals surface area contributed by atoms with E-state index in [4.69, 9.17) is 21.0 Å².